The standard InChI is InChI=1S/C44H33N3S/c1-2-11-28(12-3-1)29-21-23-30(24-22-29)42-36-15-4-7-18-38(36)45-44(46-42)47-39-19-8-5-13-33(39)37-27-31(25-26-40(37)47)32-16-10-17-35-34-14-6-9-20-41(34)48-43(32)35/h1-3,5-6,8-16,18-27,35,37,40H,4,7,17H2. The van der Waals surface area contributed by atoms with Crippen molar-refractivity contribution in [3.63, 3.8) is 0 Å². The lowest BCUT2D eigenvalue weighted by Crippen LogP contribution is -2.38. The summed E-state index contributed by atoms with van der Waals surface area (Å²) in [5, 5.41) is 2.18. The van der Waals surface area contributed by atoms with Crippen molar-refractivity contribution in [3.05, 3.63) is 171 Å². The second-order valence-electron chi connectivity index (χ2n) is 13.1. The number of hydrogen-bond acceptors (Lipinski definition) is 4. The van der Waals surface area contributed by atoms with E-state index in [0.29, 0.717) is 5.92 Å². The van der Waals surface area contributed by atoms with Gasteiger partial charge in [0.05, 0.1) is 17.1 Å². The lowest BCUT2D eigenvalue weighted by atomic mass is 9.82. The molecular weight excluding hydrogens is 603 g/mol. The van der Waals surface area contributed by atoms with Gasteiger partial charge in [0, 0.05) is 38.1 Å². The summed E-state index contributed by atoms with van der Waals surface area (Å²) in [6.45, 7) is 0. The van der Waals surface area contributed by atoms with Crippen LogP contribution in [0, 0.1) is 0 Å². The summed E-state index contributed by atoms with van der Waals surface area (Å²) >= 11 is 1.96. The highest BCUT2D eigenvalue weighted by Crippen LogP contribution is 2.55. The second-order valence-corrected chi connectivity index (χ2v) is 14.2. The number of hydrogen-bond donors (Lipinski definition) is 0. The van der Waals surface area contributed by atoms with E-state index >= 15 is 0 Å². The lowest BCUT2D eigenvalue weighted by molar-refractivity contribution is 0.723. The van der Waals surface area contributed by atoms with Crippen LogP contribution in [0.4, 0.5) is 11.6 Å². The smallest absolute Gasteiger partial charge is 0.231 e. The first-order valence-electron chi connectivity index (χ1n) is 17.0. The van der Waals surface area contributed by atoms with E-state index in [0.717, 1.165) is 47.0 Å². The maximum atomic E-state index is 5.39. The minimum atomic E-state index is 0.104. The molecule has 3 nitrogen and oxygen atoms in total. The molecular formula is C44H33N3S. The van der Waals surface area contributed by atoms with Gasteiger partial charge in [0.1, 0.15) is 0 Å². The first-order chi connectivity index (χ1) is 23.8. The van der Waals surface area contributed by atoms with Crippen LogP contribution in [0.2, 0.25) is 0 Å². The quantitative estimate of drug-likeness (QED) is 0.197. The average Bonchev–Trinajstić information content (AvgIpc) is 3.70. The Kier molecular flexibility index (Phi) is 6.51. The molecule has 0 radical (unpaired) electrons. The normalized spacial score (nSPS) is 21.4. The van der Waals surface area contributed by atoms with Gasteiger partial charge in [-0.3, -0.25) is 0 Å². The number of benzene rings is 4. The van der Waals surface area contributed by atoms with Crippen LogP contribution < -0.4 is 15.5 Å². The molecule has 0 fully saturated rings. The van der Waals surface area contributed by atoms with Crippen molar-refractivity contribution in [1.82, 2.24) is 9.97 Å². The van der Waals surface area contributed by atoms with Crippen molar-refractivity contribution < 1.29 is 0 Å². The number of fused-ring (bicyclic) bond motifs is 7. The van der Waals surface area contributed by atoms with Gasteiger partial charge >= 0.3 is 0 Å². The van der Waals surface area contributed by atoms with Crippen molar-refractivity contribution >= 4 is 35.5 Å². The van der Waals surface area contributed by atoms with Gasteiger partial charge in [-0.05, 0) is 64.8 Å². The van der Waals surface area contributed by atoms with Crippen molar-refractivity contribution in [2.75, 3.05) is 4.90 Å². The van der Waals surface area contributed by atoms with E-state index in [4.69, 9.17) is 9.97 Å². The summed E-state index contributed by atoms with van der Waals surface area (Å²) in [4.78, 5) is 15.9. The van der Waals surface area contributed by atoms with Gasteiger partial charge in [-0.15, -0.1) is 0 Å². The van der Waals surface area contributed by atoms with Gasteiger partial charge < -0.3 is 4.90 Å². The molecule has 4 aromatic carbocycles. The lowest BCUT2D eigenvalue weighted by Gasteiger charge is -2.29. The summed E-state index contributed by atoms with van der Waals surface area (Å²) in [6.07, 6.45) is 19.6. The fourth-order valence-electron chi connectivity index (χ4n) is 8.13. The molecule has 3 unspecified atom stereocenters. The molecule has 48 heavy (non-hydrogen) atoms. The van der Waals surface area contributed by atoms with Crippen LogP contribution in [0.15, 0.2) is 154 Å². The molecule has 0 saturated heterocycles. The van der Waals surface area contributed by atoms with Crippen LogP contribution in [0.5, 0.6) is 0 Å². The number of thioether (sulfide) groups is 1. The molecule has 5 aromatic rings. The molecule has 0 N–H and O–H groups in total. The molecule has 3 aliphatic carbocycles. The Morgan fingerprint density at radius 1 is 0.688 bits per heavy atom. The third kappa shape index (κ3) is 4.43. The van der Waals surface area contributed by atoms with Gasteiger partial charge in [-0.1, -0.05) is 145 Å². The Balaban J connectivity index is 1.06. The maximum Gasteiger partial charge on any atom is 0.231 e. The van der Waals surface area contributed by atoms with Crippen molar-refractivity contribution in [1.29, 1.82) is 0 Å². The highest BCUT2D eigenvalue weighted by Gasteiger charge is 2.41. The number of para-hydroxylation sites is 1. The summed E-state index contributed by atoms with van der Waals surface area (Å²) in [5.41, 5.74) is 11.2. The largest absolute Gasteiger partial charge is 0.302 e. The number of rotatable bonds is 4. The Bertz CT molecular complexity index is 2360. The van der Waals surface area contributed by atoms with Gasteiger partial charge in [0.25, 0.3) is 0 Å². The van der Waals surface area contributed by atoms with Gasteiger partial charge in [0.2, 0.25) is 5.95 Å². The Morgan fingerprint density at radius 3 is 2.33 bits per heavy atom. The minimum absolute atomic E-state index is 0.104. The van der Waals surface area contributed by atoms with E-state index in [1.54, 1.807) is 0 Å². The Hall–Kier alpha value is -5.19. The SMILES string of the molecule is C1=CC(C2=CC3c4ccccc4N(c4nc(-c5ccc(-c6ccccc6)cc5)c5c(n4)=CCCC=5)C3C=C2)=C2Sc3ccccc3C2C1. The highest BCUT2D eigenvalue weighted by atomic mass is 32.2. The summed E-state index contributed by atoms with van der Waals surface area (Å²) < 4.78 is 0. The van der Waals surface area contributed by atoms with E-state index in [9.17, 15) is 0 Å². The van der Waals surface area contributed by atoms with Crippen molar-refractivity contribution in [3.8, 4) is 22.4 Å². The first kappa shape index (κ1) is 27.9. The fraction of sp³-hybridized carbons (Fsp3) is 0.136. The Labute approximate surface area is 285 Å². The zero-order valence-corrected chi connectivity index (χ0v) is 27.3. The van der Waals surface area contributed by atoms with Crippen LogP contribution in [-0.4, -0.2) is 16.0 Å². The molecule has 230 valence electrons. The van der Waals surface area contributed by atoms with E-state index in [1.165, 1.54) is 48.9 Å². The van der Waals surface area contributed by atoms with Crippen molar-refractivity contribution in [2.45, 2.75) is 42.0 Å². The molecule has 0 saturated carbocycles. The van der Waals surface area contributed by atoms with Gasteiger partial charge in [0.15, 0.2) is 0 Å². The molecule has 0 spiro atoms. The number of allylic oxidation sites excluding steroid dienone is 6. The summed E-state index contributed by atoms with van der Waals surface area (Å²) in [6, 6.07) is 37.3. The van der Waals surface area contributed by atoms with Gasteiger partial charge in [-0.2, -0.15) is 0 Å². The fourth-order valence-corrected chi connectivity index (χ4v) is 9.50. The molecule has 0 amide bonds. The zero-order chi connectivity index (χ0) is 31.6. The van der Waals surface area contributed by atoms with E-state index in [2.05, 4.69) is 151 Å². The van der Waals surface area contributed by atoms with Crippen LogP contribution in [0.3, 0.4) is 0 Å². The molecule has 3 atom stereocenters. The molecule has 0 bridgehead atoms. The van der Waals surface area contributed by atoms with Crippen LogP contribution in [0.1, 0.15) is 42.2 Å². The average molecular weight is 636 g/mol. The monoisotopic (exact) mass is 635 g/mol. The van der Waals surface area contributed by atoms with E-state index < -0.39 is 0 Å². The first-order valence-corrected chi connectivity index (χ1v) is 17.8. The predicted octanol–water partition coefficient (Wildman–Crippen LogP) is 9.37. The summed E-state index contributed by atoms with van der Waals surface area (Å²) in [7, 11) is 0. The van der Waals surface area contributed by atoms with Crippen LogP contribution in [-0.2, 0) is 0 Å². The topological polar surface area (TPSA) is 29.0 Å². The number of anilines is 2. The molecule has 5 aliphatic rings. The molecule has 10 rings (SSSR count). The van der Waals surface area contributed by atoms with E-state index in [1.807, 2.05) is 11.8 Å². The minimum Gasteiger partial charge on any atom is -0.302 e. The highest BCUT2D eigenvalue weighted by molar-refractivity contribution is 8.03. The Morgan fingerprint density at radius 2 is 1.44 bits per heavy atom. The third-order valence-electron chi connectivity index (χ3n) is 10.4. The maximum absolute atomic E-state index is 5.39. The molecule has 2 aliphatic heterocycles. The molecule has 4 heteroatoms. The van der Waals surface area contributed by atoms with E-state index in [-0.39, 0.29) is 12.0 Å². The second kappa shape index (κ2) is 11.2. The number of aromatic nitrogens is 2. The molecule has 1 aromatic heterocycles. The van der Waals surface area contributed by atoms with Gasteiger partial charge in [-0.25, -0.2) is 9.97 Å². The van der Waals surface area contributed by atoms with Crippen LogP contribution >= 0.6 is 11.8 Å². The van der Waals surface area contributed by atoms with Crippen LogP contribution in [0.25, 0.3) is 34.5 Å². The predicted molar refractivity (Wildman–Crippen MR) is 198 cm³/mol. The third-order valence-corrected chi connectivity index (χ3v) is 11.7. The number of nitrogens with zero attached hydrogens (tertiary/aromatic N) is 3. The van der Waals surface area contributed by atoms with Crippen molar-refractivity contribution in [2.24, 2.45) is 0 Å². The summed E-state index contributed by atoms with van der Waals surface area (Å²) in [5.74, 6) is 1.44. The molecule has 3 heterocycles. The zero-order valence-electron chi connectivity index (χ0n) is 26.5.